The summed E-state index contributed by atoms with van der Waals surface area (Å²) in [5, 5.41) is 2.72. The van der Waals surface area contributed by atoms with Gasteiger partial charge in [-0.3, -0.25) is 0 Å². The number of hydrogen-bond donors (Lipinski definition) is 1. The van der Waals surface area contributed by atoms with Crippen LogP contribution in [0.2, 0.25) is 0 Å². The molecule has 0 unspecified atom stereocenters. The Morgan fingerprint density at radius 3 is 1.31 bits per heavy atom. The Bertz CT molecular complexity index is 133. The molecule has 0 spiro atoms. The fourth-order valence-corrected chi connectivity index (χ4v) is 3.04. The molecule has 0 aromatic carbocycles. The predicted molar refractivity (Wildman–Crippen MR) is 68.6 cm³/mol. The molecular weight excluding hydrogens is 198 g/mol. The number of nitrogens with two attached hydrogens (primary N) is 1. The number of ether oxygens (including phenoxy) is 1. The zero-order valence-electron chi connectivity index (χ0n) is 11.2. The van der Waals surface area contributed by atoms with Crippen LogP contribution < -0.4 is 5.32 Å². The highest BCUT2D eigenvalue weighted by molar-refractivity contribution is 4.67. The average Bonchev–Trinajstić information content (AvgIpc) is 2.33. The van der Waals surface area contributed by atoms with E-state index < -0.39 is 0 Å². The maximum atomic E-state index is 4.25. The first kappa shape index (κ1) is 14.0. The van der Waals surface area contributed by atoms with Crippen molar-refractivity contribution in [2.45, 2.75) is 76.3 Å². The van der Waals surface area contributed by atoms with Crippen molar-refractivity contribution in [1.82, 2.24) is 0 Å². The second-order valence-electron chi connectivity index (χ2n) is 5.40. The van der Waals surface area contributed by atoms with E-state index in [0.29, 0.717) is 0 Å². The quantitative estimate of drug-likeness (QED) is 0.772. The van der Waals surface area contributed by atoms with Crippen molar-refractivity contribution in [3.05, 3.63) is 0 Å². The van der Waals surface area contributed by atoms with Gasteiger partial charge >= 0.3 is 0 Å². The lowest BCUT2D eigenvalue weighted by Gasteiger charge is -2.27. The Hall–Kier alpha value is -0.0800. The summed E-state index contributed by atoms with van der Waals surface area (Å²) in [5.74, 6) is 0. The van der Waals surface area contributed by atoms with Gasteiger partial charge in [0, 0.05) is 14.2 Å². The van der Waals surface area contributed by atoms with Gasteiger partial charge in [-0.05, 0) is 51.4 Å². The van der Waals surface area contributed by atoms with Crippen LogP contribution in [0.3, 0.4) is 0 Å². The normalized spacial score (nSPS) is 23.6. The molecule has 2 aliphatic carbocycles. The molecule has 0 aliphatic heterocycles. The van der Waals surface area contributed by atoms with Crippen molar-refractivity contribution in [2.75, 3.05) is 14.2 Å². The van der Waals surface area contributed by atoms with E-state index in [4.69, 9.17) is 0 Å². The molecule has 0 radical (unpaired) electrons. The Labute approximate surface area is 101 Å². The van der Waals surface area contributed by atoms with Gasteiger partial charge in [-0.15, -0.1) is 0 Å². The summed E-state index contributed by atoms with van der Waals surface area (Å²) >= 11 is 0. The molecule has 0 saturated heterocycles. The molecule has 2 heteroatoms. The lowest BCUT2D eigenvalue weighted by molar-refractivity contribution is -0.725. The Morgan fingerprint density at radius 1 is 0.688 bits per heavy atom. The lowest BCUT2D eigenvalue weighted by atomic mass is 9.91. The lowest BCUT2D eigenvalue weighted by Crippen LogP contribution is -2.95. The van der Waals surface area contributed by atoms with E-state index in [1.54, 1.807) is 14.2 Å². The molecule has 16 heavy (non-hydrogen) atoms. The smallest absolute Gasteiger partial charge is 0.0861 e. The van der Waals surface area contributed by atoms with Gasteiger partial charge in [0.1, 0.15) is 0 Å². The van der Waals surface area contributed by atoms with Crippen LogP contribution in [-0.4, -0.2) is 26.3 Å². The monoisotopic (exact) mass is 228 g/mol. The van der Waals surface area contributed by atoms with Crippen LogP contribution in [0.1, 0.15) is 64.2 Å². The predicted octanol–water partition coefficient (Wildman–Crippen LogP) is 2.48. The fraction of sp³-hybridized carbons (Fsp3) is 1.00. The molecule has 0 aromatic rings. The van der Waals surface area contributed by atoms with E-state index in [1.807, 2.05) is 0 Å². The third-order valence-corrected chi connectivity index (χ3v) is 3.84. The van der Waals surface area contributed by atoms with E-state index in [2.05, 4.69) is 10.1 Å². The topological polar surface area (TPSA) is 25.8 Å². The molecule has 0 heterocycles. The largest absolute Gasteiger partial charge is 0.388 e. The standard InChI is InChI=1S/C12H23N.C2H6O/c1-3-7-11(8-4-1)13-12-9-5-2-6-10-12;1-3-2/h11-13H,1-10H2;1-2H3/p+1. The summed E-state index contributed by atoms with van der Waals surface area (Å²) < 4.78 is 4.25. The molecule has 2 aliphatic rings. The van der Waals surface area contributed by atoms with Gasteiger partial charge in [-0.1, -0.05) is 12.8 Å². The van der Waals surface area contributed by atoms with E-state index >= 15 is 0 Å². The Kier molecular flexibility index (Phi) is 7.87. The Balaban J connectivity index is 0.000000386. The number of rotatable bonds is 2. The first-order valence-electron chi connectivity index (χ1n) is 7.12. The van der Waals surface area contributed by atoms with Crippen LogP contribution in [0.25, 0.3) is 0 Å². The molecule has 96 valence electrons. The summed E-state index contributed by atoms with van der Waals surface area (Å²) in [4.78, 5) is 0. The first-order chi connectivity index (χ1) is 7.86. The van der Waals surface area contributed by atoms with Crippen LogP contribution in [0.15, 0.2) is 0 Å². The van der Waals surface area contributed by atoms with Gasteiger partial charge in [0.15, 0.2) is 0 Å². The van der Waals surface area contributed by atoms with Gasteiger partial charge in [0.25, 0.3) is 0 Å². The molecule has 2 rings (SSSR count). The molecule has 0 amide bonds. The second kappa shape index (κ2) is 9.00. The number of hydrogen-bond acceptors (Lipinski definition) is 1. The van der Waals surface area contributed by atoms with Crippen molar-refractivity contribution in [1.29, 1.82) is 0 Å². The molecule has 2 fully saturated rings. The van der Waals surface area contributed by atoms with E-state index in [-0.39, 0.29) is 0 Å². The fourth-order valence-electron chi connectivity index (χ4n) is 3.04. The van der Waals surface area contributed by atoms with Crippen molar-refractivity contribution < 1.29 is 10.1 Å². The molecule has 2 nitrogen and oxygen atoms in total. The second-order valence-corrected chi connectivity index (χ2v) is 5.40. The molecular formula is C14H30NO+. The minimum absolute atomic E-state index is 0.997. The maximum Gasteiger partial charge on any atom is 0.0861 e. The minimum atomic E-state index is 0.997. The molecule has 0 bridgehead atoms. The zero-order valence-corrected chi connectivity index (χ0v) is 11.2. The van der Waals surface area contributed by atoms with Crippen LogP contribution in [0.4, 0.5) is 0 Å². The van der Waals surface area contributed by atoms with Gasteiger partial charge in [-0.25, -0.2) is 0 Å². The highest BCUT2D eigenvalue weighted by Gasteiger charge is 2.22. The van der Waals surface area contributed by atoms with Gasteiger partial charge in [-0.2, -0.15) is 0 Å². The van der Waals surface area contributed by atoms with Crippen LogP contribution in [-0.2, 0) is 4.74 Å². The molecule has 2 N–H and O–H groups in total. The highest BCUT2D eigenvalue weighted by Crippen LogP contribution is 2.18. The third-order valence-electron chi connectivity index (χ3n) is 3.84. The summed E-state index contributed by atoms with van der Waals surface area (Å²) in [6.45, 7) is 0. The van der Waals surface area contributed by atoms with Gasteiger partial charge in [0.05, 0.1) is 12.1 Å². The van der Waals surface area contributed by atoms with E-state index in [9.17, 15) is 0 Å². The number of methoxy groups -OCH3 is 1. The van der Waals surface area contributed by atoms with Crippen molar-refractivity contribution in [3.63, 3.8) is 0 Å². The highest BCUT2D eigenvalue weighted by atomic mass is 16.4. The summed E-state index contributed by atoms with van der Waals surface area (Å²) in [6.07, 6.45) is 15.0. The third kappa shape index (κ3) is 5.86. The summed E-state index contributed by atoms with van der Waals surface area (Å²) in [5.41, 5.74) is 0. The maximum absolute atomic E-state index is 4.25. The van der Waals surface area contributed by atoms with Crippen LogP contribution in [0.5, 0.6) is 0 Å². The van der Waals surface area contributed by atoms with Gasteiger partial charge < -0.3 is 10.1 Å². The van der Waals surface area contributed by atoms with Crippen LogP contribution >= 0.6 is 0 Å². The van der Waals surface area contributed by atoms with Crippen molar-refractivity contribution in [3.8, 4) is 0 Å². The van der Waals surface area contributed by atoms with Crippen molar-refractivity contribution >= 4 is 0 Å². The van der Waals surface area contributed by atoms with Crippen LogP contribution in [0, 0.1) is 0 Å². The number of quaternary nitrogens is 1. The van der Waals surface area contributed by atoms with E-state index in [1.165, 1.54) is 64.2 Å². The average molecular weight is 228 g/mol. The Morgan fingerprint density at radius 2 is 1.00 bits per heavy atom. The minimum Gasteiger partial charge on any atom is -0.388 e. The van der Waals surface area contributed by atoms with Crippen molar-refractivity contribution in [2.24, 2.45) is 0 Å². The SMILES string of the molecule is C1CCC([NH2+]C2CCCCC2)CC1.COC. The molecule has 0 atom stereocenters. The van der Waals surface area contributed by atoms with E-state index in [0.717, 1.165) is 12.1 Å². The molecule has 2 saturated carbocycles. The summed E-state index contributed by atoms with van der Waals surface area (Å²) in [7, 11) is 3.25. The zero-order chi connectivity index (χ0) is 11.6. The van der Waals surface area contributed by atoms with Gasteiger partial charge in [0.2, 0.25) is 0 Å². The summed E-state index contributed by atoms with van der Waals surface area (Å²) in [6, 6.07) is 1.99. The first-order valence-corrected chi connectivity index (χ1v) is 7.12. The molecule has 0 aromatic heterocycles.